The van der Waals surface area contributed by atoms with E-state index >= 15 is 0 Å². The van der Waals surface area contributed by atoms with Crippen molar-refractivity contribution in [1.29, 1.82) is 0 Å². The lowest BCUT2D eigenvalue weighted by molar-refractivity contribution is 0.0999. The van der Waals surface area contributed by atoms with Crippen LogP contribution in [0, 0.1) is 5.82 Å². The molecule has 2 aromatic carbocycles. The highest BCUT2D eigenvalue weighted by atomic mass is 32.2. The van der Waals surface area contributed by atoms with Crippen LogP contribution < -0.4 is 4.84 Å². The minimum atomic E-state index is -3.57. The maximum absolute atomic E-state index is 13.6. The van der Waals surface area contributed by atoms with E-state index in [2.05, 4.69) is 10.3 Å². The van der Waals surface area contributed by atoms with E-state index in [0.29, 0.717) is 21.7 Å². The Bertz CT molecular complexity index is 1020. The lowest BCUT2D eigenvalue weighted by atomic mass is 10.3. The van der Waals surface area contributed by atoms with Crippen molar-refractivity contribution in [2.75, 3.05) is 26.5 Å². The summed E-state index contributed by atoms with van der Waals surface area (Å²) < 4.78 is 39.2. The van der Waals surface area contributed by atoms with Crippen molar-refractivity contribution in [2.45, 2.75) is 9.79 Å². The maximum Gasteiger partial charge on any atom is 0.242 e. The van der Waals surface area contributed by atoms with Crippen molar-refractivity contribution in [3.05, 3.63) is 48.3 Å². The molecular weight excluding hydrogens is 379 g/mol. The summed E-state index contributed by atoms with van der Waals surface area (Å²) in [6, 6.07) is 11.0. The Labute approximate surface area is 154 Å². The first-order valence-electron chi connectivity index (χ1n) is 7.68. The Morgan fingerprint density at radius 3 is 2.73 bits per heavy atom. The fourth-order valence-electron chi connectivity index (χ4n) is 2.18. The van der Waals surface area contributed by atoms with Gasteiger partial charge in [0.2, 0.25) is 10.0 Å². The Balaban J connectivity index is 1.71. The van der Waals surface area contributed by atoms with Crippen LogP contribution in [0.4, 0.5) is 4.39 Å². The van der Waals surface area contributed by atoms with Crippen molar-refractivity contribution in [1.82, 2.24) is 19.5 Å². The van der Waals surface area contributed by atoms with Gasteiger partial charge < -0.3 is 4.84 Å². The molecule has 1 heterocycles. The van der Waals surface area contributed by atoms with E-state index in [0.717, 1.165) is 4.31 Å². The van der Waals surface area contributed by atoms with Gasteiger partial charge in [-0.05, 0) is 35.5 Å². The number of rotatable bonds is 7. The van der Waals surface area contributed by atoms with E-state index in [-0.39, 0.29) is 17.3 Å². The van der Waals surface area contributed by atoms with Gasteiger partial charge in [0.1, 0.15) is 23.5 Å². The van der Waals surface area contributed by atoms with Crippen LogP contribution in [0.5, 0.6) is 0 Å². The molecule has 0 amide bonds. The first-order chi connectivity index (χ1) is 12.4. The van der Waals surface area contributed by atoms with Gasteiger partial charge in [0.05, 0.1) is 4.90 Å². The zero-order chi connectivity index (χ0) is 18.7. The summed E-state index contributed by atoms with van der Waals surface area (Å²) in [5.74, 6) is 0.222. The number of thioether (sulfide) groups is 1. The smallest absolute Gasteiger partial charge is 0.242 e. The molecule has 0 aliphatic heterocycles. The average molecular weight is 396 g/mol. The second-order valence-corrected chi connectivity index (χ2v) is 8.80. The van der Waals surface area contributed by atoms with E-state index < -0.39 is 10.0 Å². The number of fused-ring (bicyclic) bond motifs is 1. The fourth-order valence-corrected chi connectivity index (χ4v) is 3.86. The van der Waals surface area contributed by atoms with Crippen molar-refractivity contribution < 1.29 is 17.6 Å². The molecule has 26 heavy (non-hydrogen) atoms. The van der Waals surface area contributed by atoms with Crippen LogP contribution in [0.2, 0.25) is 0 Å². The van der Waals surface area contributed by atoms with E-state index in [1.807, 2.05) is 0 Å². The van der Waals surface area contributed by atoms with E-state index in [9.17, 15) is 12.8 Å². The van der Waals surface area contributed by atoms with Gasteiger partial charge in [-0.25, -0.2) is 17.1 Å². The zero-order valence-electron chi connectivity index (χ0n) is 14.2. The molecule has 3 rings (SSSR count). The normalized spacial score (nSPS) is 12.0. The average Bonchev–Trinajstić information content (AvgIpc) is 3.02. The molecule has 3 aromatic rings. The lowest BCUT2D eigenvalue weighted by Crippen LogP contribution is -2.22. The van der Waals surface area contributed by atoms with Crippen molar-refractivity contribution in [3.8, 4) is 0 Å². The van der Waals surface area contributed by atoms with E-state index in [1.54, 1.807) is 24.3 Å². The van der Waals surface area contributed by atoms with Crippen molar-refractivity contribution in [2.24, 2.45) is 0 Å². The fraction of sp³-hybridized carbons (Fsp3) is 0.250. The summed E-state index contributed by atoms with van der Waals surface area (Å²) in [7, 11) is -0.638. The summed E-state index contributed by atoms with van der Waals surface area (Å²) in [4.78, 5) is 7.40. The van der Waals surface area contributed by atoms with Crippen LogP contribution in [-0.2, 0) is 10.0 Å². The predicted molar refractivity (Wildman–Crippen MR) is 97.0 cm³/mol. The molecular formula is C16H17FN4O3S2. The summed E-state index contributed by atoms with van der Waals surface area (Å²) in [6.07, 6.45) is 0. The molecule has 0 aliphatic rings. The van der Waals surface area contributed by atoms with Gasteiger partial charge in [-0.3, -0.25) is 0 Å². The minimum Gasteiger partial charge on any atom is -0.394 e. The predicted octanol–water partition coefficient (Wildman–Crippen LogP) is 2.04. The molecule has 0 radical (unpaired) electrons. The van der Waals surface area contributed by atoms with Crippen molar-refractivity contribution >= 4 is 32.8 Å². The lowest BCUT2D eigenvalue weighted by Gasteiger charge is -2.11. The topological polar surface area (TPSA) is 77.3 Å². The molecule has 0 saturated carbocycles. The third kappa shape index (κ3) is 3.81. The van der Waals surface area contributed by atoms with E-state index in [1.165, 1.54) is 48.9 Å². The summed E-state index contributed by atoms with van der Waals surface area (Å²) in [6.45, 7) is 0.252. The number of aromatic nitrogens is 3. The monoisotopic (exact) mass is 396 g/mol. The summed E-state index contributed by atoms with van der Waals surface area (Å²) in [5.41, 5.74) is 0.966. The molecule has 10 heteroatoms. The molecule has 0 N–H and O–H groups in total. The molecule has 0 aliphatic carbocycles. The molecule has 0 bridgehead atoms. The van der Waals surface area contributed by atoms with Gasteiger partial charge in [0.15, 0.2) is 0 Å². The number of sulfonamides is 1. The van der Waals surface area contributed by atoms with Gasteiger partial charge in [-0.2, -0.15) is 0 Å². The highest BCUT2D eigenvalue weighted by Gasteiger charge is 2.19. The Hall–Kier alpha value is -2.17. The second-order valence-electron chi connectivity index (χ2n) is 5.51. The van der Waals surface area contributed by atoms with Crippen LogP contribution in [0.25, 0.3) is 11.0 Å². The largest absolute Gasteiger partial charge is 0.394 e. The third-order valence-electron chi connectivity index (χ3n) is 3.56. The number of halogens is 1. The highest BCUT2D eigenvalue weighted by Crippen LogP contribution is 2.21. The Kier molecular flexibility index (Phi) is 5.44. The third-order valence-corrected chi connectivity index (χ3v) is 6.38. The number of benzene rings is 2. The molecule has 0 saturated heterocycles. The molecule has 0 atom stereocenters. The molecule has 0 unspecified atom stereocenters. The van der Waals surface area contributed by atoms with E-state index in [4.69, 9.17) is 4.84 Å². The van der Waals surface area contributed by atoms with Gasteiger partial charge in [0, 0.05) is 24.7 Å². The first-order valence-corrected chi connectivity index (χ1v) is 10.1. The van der Waals surface area contributed by atoms with Crippen LogP contribution in [-0.4, -0.2) is 54.3 Å². The number of hydrogen-bond acceptors (Lipinski definition) is 6. The number of hydrogen-bond donors (Lipinski definition) is 0. The quantitative estimate of drug-likeness (QED) is 0.449. The summed E-state index contributed by atoms with van der Waals surface area (Å²) in [5, 5.41) is 7.83. The SMILES string of the molecule is CN(C)S(=O)(=O)c1ccc2nnn(OCCSc3ccccc3F)c2c1. The molecule has 0 fully saturated rings. The van der Waals surface area contributed by atoms with Crippen molar-refractivity contribution in [3.63, 3.8) is 0 Å². The van der Waals surface area contributed by atoms with Gasteiger partial charge >= 0.3 is 0 Å². The molecule has 1 aromatic heterocycles. The van der Waals surface area contributed by atoms with Crippen LogP contribution in [0.3, 0.4) is 0 Å². The Morgan fingerprint density at radius 1 is 1.23 bits per heavy atom. The van der Waals surface area contributed by atoms with Crippen LogP contribution in [0.1, 0.15) is 0 Å². The summed E-state index contributed by atoms with van der Waals surface area (Å²) >= 11 is 1.32. The van der Waals surface area contributed by atoms with Gasteiger partial charge in [-0.1, -0.05) is 17.0 Å². The second kappa shape index (κ2) is 7.60. The van der Waals surface area contributed by atoms with Crippen LogP contribution >= 0.6 is 11.8 Å². The Morgan fingerprint density at radius 2 is 2.00 bits per heavy atom. The standard InChI is InChI=1S/C16H17FN4O3S2/c1-20(2)26(22,23)12-7-8-14-15(11-12)21(19-18-14)24-9-10-25-16-6-4-3-5-13(16)17/h3-8,11H,9-10H2,1-2H3. The number of nitrogens with zero attached hydrogens (tertiary/aromatic N) is 4. The minimum absolute atomic E-state index is 0.128. The maximum atomic E-state index is 13.6. The van der Waals surface area contributed by atoms with Crippen LogP contribution in [0.15, 0.2) is 52.3 Å². The first kappa shape index (κ1) is 18.6. The molecule has 7 nitrogen and oxygen atoms in total. The molecule has 0 spiro atoms. The van der Waals surface area contributed by atoms with Gasteiger partial charge in [-0.15, -0.1) is 16.9 Å². The van der Waals surface area contributed by atoms with Gasteiger partial charge in [0.25, 0.3) is 0 Å². The molecule has 138 valence electrons. The zero-order valence-corrected chi connectivity index (χ0v) is 15.8. The highest BCUT2D eigenvalue weighted by molar-refractivity contribution is 7.99.